The predicted molar refractivity (Wildman–Crippen MR) is 230 cm³/mol. The zero-order chi connectivity index (χ0) is 38.3. The molecule has 7 heteroatoms. The zero-order valence-electron chi connectivity index (χ0n) is 30.9. The Morgan fingerprint density at radius 1 is 0.456 bits per heavy atom. The van der Waals surface area contributed by atoms with Crippen molar-refractivity contribution in [3.05, 3.63) is 176 Å². The second kappa shape index (κ2) is 14.1. The van der Waals surface area contributed by atoms with Gasteiger partial charge in [-0.3, -0.25) is 0 Å². The summed E-state index contributed by atoms with van der Waals surface area (Å²) in [5.74, 6) is 3.01. The fraction of sp³-hybridized carbons (Fsp3) is 0.0200. The number of benzene rings is 6. The molecule has 4 heterocycles. The van der Waals surface area contributed by atoms with E-state index in [0.717, 1.165) is 89.0 Å². The van der Waals surface area contributed by atoms with Crippen LogP contribution in [0.5, 0.6) is 0 Å². The van der Waals surface area contributed by atoms with Crippen molar-refractivity contribution in [1.82, 2.24) is 24.9 Å². The lowest BCUT2D eigenvalue weighted by atomic mass is 10.0. The Kier molecular flexibility index (Phi) is 8.38. The smallest absolute Gasteiger partial charge is 0.164 e. The number of nitrogens with zero attached hydrogens (tertiary/aromatic N) is 5. The lowest BCUT2D eigenvalue weighted by Crippen LogP contribution is -2.00. The first-order chi connectivity index (χ1) is 28.1. The van der Waals surface area contributed by atoms with Gasteiger partial charge in [-0.25, -0.2) is 24.9 Å². The van der Waals surface area contributed by atoms with Gasteiger partial charge in [0.2, 0.25) is 0 Å². The molecule has 0 aliphatic carbocycles. The summed E-state index contributed by atoms with van der Waals surface area (Å²) >= 11 is 0. The van der Waals surface area contributed by atoms with Crippen LogP contribution in [-0.4, -0.2) is 24.9 Å². The third-order valence-corrected chi connectivity index (χ3v) is 10.1. The van der Waals surface area contributed by atoms with Crippen LogP contribution in [0, 0.1) is 0 Å². The minimum absolute atomic E-state index is 0.534. The van der Waals surface area contributed by atoms with Crippen LogP contribution in [0.2, 0.25) is 0 Å². The van der Waals surface area contributed by atoms with Gasteiger partial charge in [0, 0.05) is 55.1 Å². The Hall–Kier alpha value is -7.77. The molecule has 0 unspecified atom stereocenters. The second-order valence-electron chi connectivity index (χ2n) is 13.7. The molecule has 0 aliphatic rings. The van der Waals surface area contributed by atoms with Gasteiger partial charge >= 0.3 is 0 Å². The Labute approximate surface area is 328 Å². The Bertz CT molecular complexity index is 3090. The molecule has 57 heavy (non-hydrogen) atoms. The quantitative estimate of drug-likeness (QED) is 0.153. The van der Waals surface area contributed by atoms with Gasteiger partial charge in [-0.05, 0) is 61.5 Å². The van der Waals surface area contributed by atoms with Crippen molar-refractivity contribution in [3.63, 3.8) is 0 Å². The van der Waals surface area contributed by atoms with Crippen LogP contribution < -0.4 is 0 Å². The molecule has 0 radical (unpaired) electrons. The van der Waals surface area contributed by atoms with E-state index in [1.54, 1.807) is 0 Å². The topological polar surface area (TPSA) is 90.7 Å². The van der Waals surface area contributed by atoms with Crippen LogP contribution in [0.15, 0.2) is 173 Å². The Morgan fingerprint density at radius 3 is 1.58 bits per heavy atom. The highest BCUT2D eigenvalue weighted by molar-refractivity contribution is 6.12. The first-order valence-electron chi connectivity index (χ1n) is 18.7. The van der Waals surface area contributed by atoms with E-state index in [1.165, 1.54) is 0 Å². The molecule has 0 bridgehead atoms. The van der Waals surface area contributed by atoms with E-state index in [0.29, 0.717) is 23.3 Å². The fourth-order valence-electron chi connectivity index (χ4n) is 7.34. The van der Waals surface area contributed by atoms with Gasteiger partial charge in [0.25, 0.3) is 0 Å². The van der Waals surface area contributed by atoms with Crippen molar-refractivity contribution in [2.24, 2.45) is 0 Å². The lowest BCUT2D eigenvalue weighted by Gasteiger charge is -2.10. The summed E-state index contributed by atoms with van der Waals surface area (Å²) in [4.78, 5) is 25.4. The minimum atomic E-state index is 0.534. The molecule has 6 aromatic carbocycles. The number of aromatic nitrogens is 5. The summed E-state index contributed by atoms with van der Waals surface area (Å²) in [6.07, 6.45) is 5.72. The zero-order valence-corrected chi connectivity index (χ0v) is 30.9. The third-order valence-electron chi connectivity index (χ3n) is 10.1. The molecule has 0 fully saturated rings. The number of hydrogen-bond donors (Lipinski definition) is 0. The largest absolute Gasteiger partial charge is 0.456 e. The molecule has 4 aromatic heterocycles. The van der Waals surface area contributed by atoms with Gasteiger partial charge in [0.1, 0.15) is 22.5 Å². The Balaban J connectivity index is 1.16. The van der Waals surface area contributed by atoms with Gasteiger partial charge in [-0.15, -0.1) is 0 Å². The van der Waals surface area contributed by atoms with Crippen molar-refractivity contribution in [1.29, 1.82) is 0 Å². The second-order valence-corrected chi connectivity index (χ2v) is 13.7. The van der Waals surface area contributed by atoms with Crippen LogP contribution in [0.4, 0.5) is 0 Å². The van der Waals surface area contributed by atoms with Crippen LogP contribution in [0.1, 0.15) is 18.2 Å². The monoisotopic (exact) mass is 735 g/mol. The van der Waals surface area contributed by atoms with E-state index in [-0.39, 0.29) is 0 Å². The number of furan rings is 2. The molecule has 0 amide bonds. The van der Waals surface area contributed by atoms with Crippen LogP contribution in [0.3, 0.4) is 0 Å². The molecule has 0 saturated carbocycles. The number of hydrogen-bond acceptors (Lipinski definition) is 7. The summed E-state index contributed by atoms with van der Waals surface area (Å²) < 4.78 is 12.6. The fourth-order valence-corrected chi connectivity index (χ4v) is 7.34. The van der Waals surface area contributed by atoms with Crippen molar-refractivity contribution in [3.8, 4) is 68.1 Å². The summed E-state index contributed by atoms with van der Waals surface area (Å²) in [5, 5.41) is 2.75. The molecule has 0 spiro atoms. The number of rotatable bonds is 8. The normalized spacial score (nSPS) is 11.6. The van der Waals surface area contributed by atoms with Crippen LogP contribution in [-0.2, 0) is 0 Å². The van der Waals surface area contributed by atoms with Gasteiger partial charge in [-0.2, -0.15) is 0 Å². The number of fused-ring (bicyclic) bond motifs is 4. The standard InChI is InChI=1S/C50H33N5O2/c1-3-15-42-36(4-2)38-28-34(24-26-43(38)56-42)48-53-47(33-20-12-7-13-21-33)54-49(55-48)35-25-27-44-39(29-35)46-37(22-14-23-45(46)57-44)50-51-40(31-16-8-5-9-17-31)30-41(52-50)32-18-10-6-11-19-32/h3-30H,2H2,1H3/b15-3-. The van der Waals surface area contributed by atoms with Crippen molar-refractivity contribution in [2.45, 2.75) is 6.92 Å². The summed E-state index contributed by atoms with van der Waals surface area (Å²) in [7, 11) is 0. The highest BCUT2D eigenvalue weighted by Gasteiger charge is 2.20. The van der Waals surface area contributed by atoms with Crippen LogP contribution in [0.25, 0.3) is 113 Å². The van der Waals surface area contributed by atoms with E-state index in [2.05, 4.69) is 49.0 Å². The SMILES string of the molecule is C=Cc1c(/C=C\C)oc2ccc(-c3nc(-c4ccccc4)nc(-c4ccc5oc6cccc(-c7nc(-c8ccccc8)cc(-c8ccccc8)n7)c6c5c4)n3)cc12. The molecule has 0 atom stereocenters. The third kappa shape index (κ3) is 6.17. The first kappa shape index (κ1) is 33.8. The summed E-state index contributed by atoms with van der Waals surface area (Å²) in [6.45, 7) is 6.02. The number of allylic oxidation sites excluding steroid dienone is 1. The van der Waals surface area contributed by atoms with Gasteiger partial charge < -0.3 is 8.83 Å². The molecule has 270 valence electrons. The van der Waals surface area contributed by atoms with Crippen LogP contribution >= 0.6 is 0 Å². The van der Waals surface area contributed by atoms with E-state index in [4.69, 9.17) is 33.8 Å². The maximum Gasteiger partial charge on any atom is 0.164 e. The molecular formula is C50H33N5O2. The van der Waals surface area contributed by atoms with Crippen molar-refractivity contribution in [2.75, 3.05) is 0 Å². The molecule has 0 aliphatic heterocycles. The van der Waals surface area contributed by atoms with E-state index in [1.807, 2.05) is 134 Å². The molecule has 10 rings (SSSR count). The van der Waals surface area contributed by atoms with Gasteiger partial charge in [-0.1, -0.05) is 122 Å². The molecule has 7 nitrogen and oxygen atoms in total. The first-order valence-corrected chi connectivity index (χ1v) is 18.7. The minimum Gasteiger partial charge on any atom is -0.456 e. The van der Waals surface area contributed by atoms with Gasteiger partial charge in [0.15, 0.2) is 23.3 Å². The predicted octanol–water partition coefficient (Wildman–Crippen LogP) is 13.0. The molecule has 0 N–H and O–H groups in total. The van der Waals surface area contributed by atoms with Crippen molar-refractivity contribution >= 4 is 45.1 Å². The Morgan fingerprint density at radius 2 is 1.00 bits per heavy atom. The molecule has 0 saturated heterocycles. The molecule has 10 aromatic rings. The average Bonchev–Trinajstić information content (AvgIpc) is 3.84. The highest BCUT2D eigenvalue weighted by atomic mass is 16.3. The van der Waals surface area contributed by atoms with Gasteiger partial charge in [0.05, 0.1) is 11.4 Å². The van der Waals surface area contributed by atoms with E-state index < -0.39 is 0 Å². The maximum absolute atomic E-state index is 6.47. The maximum atomic E-state index is 6.47. The lowest BCUT2D eigenvalue weighted by molar-refractivity contribution is 0.603. The molecular weight excluding hydrogens is 703 g/mol. The highest BCUT2D eigenvalue weighted by Crippen LogP contribution is 2.39. The van der Waals surface area contributed by atoms with Crippen molar-refractivity contribution < 1.29 is 8.83 Å². The average molecular weight is 736 g/mol. The van der Waals surface area contributed by atoms with E-state index in [9.17, 15) is 0 Å². The van der Waals surface area contributed by atoms with E-state index >= 15 is 0 Å². The summed E-state index contributed by atoms with van der Waals surface area (Å²) in [6, 6.07) is 50.5. The summed E-state index contributed by atoms with van der Waals surface area (Å²) in [5.41, 5.74) is 10.3.